The first-order chi connectivity index (χ1) is 13.5. The molecule has 28 heavy (non-hydrogen) atoms. The van der Waals surface area contributed by atoms with Gasteiger partial charge in [-0.2, -0.15) is 0 Å². The lowest BCUT2D eigenvalue weighted by Crippen LogP contribution is -2.50. The minimum Gasteiger partial charge on any atom is -0.492 e. The largest absolute Gasteiger partial charge is 0.492 e. The van der Waals surface area contributed by atoms with E-state index >= 15 is 0 Å². The van der Waals surface area contributed by atoms with Crippen molar-refractivity contribution in [2.75, 3.05) is 13.2 Å². The molecule has 0 radical (unpaired) electrons. The Balaban J connectivity index is 1.49. The molecule has 0 aliphatic rings. The van der Waals surface area contributed by atoms with Crippen LogP contribution in [0.5, 0.6) is 5.75 Å². The van der Waals surface area contributed by atoms with E-state index in [1.165, 1.54) is 6.26 Å². The molecule has 2 aromatic carbocycles. The van der Waals surface area contributed by atoms with Crippen LogP contribution in [0, 0.1) is 5.92 Å². The summed E-state index contributed by atoms with van der Waals surface area (Å²) in [6, 6.07) is 16.5. The van der Waals surface area contributed by atoms with Crippen molar-refractivity contribution in [3.05, 3.63) is 66.6 Å². The van der Waals surface area contributed by atoms with E-state index in [0.717, 1.165) is 16.5 Å². The fourth-order valence-corrected chi connectivity index (χ4v) is 2.87. The molecule has 1 heterocycles. The molecule has 0 fully saturated rings. The molecule has 0 saturated carbocycles. The van der Waals surface area contributed by atoms with Crippen LogP contribution in [0.15, 0.2) is 65.3 Å². The molecule has 1 atom stereocenters. The Morgan fingerprint density at radius 1 is 1.04 bits per heavy atom. The Labute approximate surface area is 163 Å². The van der Waals surface area contributed by atoms with E-state index in [-0.39, 0.29) is 17.6 Å². The number of hydrogen-bond acceptors (Lipinski definition) is 4. The molecule has 146 valence electrons. The molecule has 0 aliphatic heterocycles. The lowest BCUT2D eigenvalue weighted by molar-refractivity contribution is -0.124. The number of benzene rings is 2. The minimum atomic E-state index is -0.654. The Kier molecular flexibility index (Phi) is 6.32. The van der Waals surface area contributed by atoms with Gasteiger partial charge in [-0.1, -0.05) is 44.2 Å². The van der Waals surface area contributed by atoms with Crippen LogP contribution in [0.25, 0.3) is 10.8 Å². The summed E-state index contributed by atoms with van der Waals surface area (Å²) in [6.45, 7) is 4.42. The van der Waals surface area contributed by atoms with Crippen LogP contribution in [0.1, 0.15) is 24.4 Å². The van der Waals surface area contributed by atoms with Crippen molar-refractivity contribution in [1.29, 1.82) is 0 Å². The van der Waals surface area contributed by atoms with E-state index in [2.05, 4.69) is 10.6 Å². The molecule has 2 N–H and O–H groups in total. The number of nitrogens with one attached hydrogen (secondary N) is 2. The van der Waals surface area contributed by atoms with Gasteiger partial charge >= 0.3 is 0 Å². The molecule has 0 aliphatic carbocycles. The number of amides is 2. The molecule has 1 aromatic heterocycles. The predicted octanol–water partition coefficient (Wildman–Crippen LogP) is 3.38. The summed E-state index contributed by atoms with van der Waals surface area (Å²) in [5.41, 5.74) is 0. The Hall–Kier alpha value is -3.28. The van der Waals surface area contributed by atoms with Gasteiger partial charge in [-0.05, 0) is 41.0 Å². The van der Waals surface area contributed by atoms with Crippen molar-refractivity contribution in [2.45, 2.75) is 19.9 Å². The fraction of sp³-hybridized carbons (Fsp3) is 0.273. The van der Waals surface area contributed by atoms with Gasteiger partial charge in [-0.15, -0.1) is 0 Å². The predicted molar refractivity (Wildman–Crippen MR) is 107 cm³/mol. The maximum absolute atomic E-state index is 12.5. The van der Waals surface area contributed by atoms with Crippen LogP contribution in [0.4, 0.5) is 0 Å². The maximum atomic E-state index is 12.5. The number of ether oxygens (including phenoxy) is 1. The number of fused-ring (bicyclic) bond motifs is 1. The molecule has 0 spiro atoms. The topological polar surface area (TPSA) is 80.6 Å². The quantitative estimate of drug-likeness (QED) is 0.587. The molecule has 6 nitrogen and oxygen atoms in total. The average Bonchev–Trinajstić information content (AvgIpc) is 3.23. The molecule has 6 heteroatoms. The van der Waals surface area contributed by atoms with E-state index in [0.29, 0.717) is 13.2 Å². The first-order valence-corrected chi connectivity index (χ1v) is 9.28. The van der Waals surface area contributed by atoms with Crippen LogP contribution < -0.4 is 15.4 Å². The standard InChI is InChI=1S/C22H24N2O4/c1-15(2)20(24-21(25)19-8-5-12-28-19)22(26)23-11-13-27-18-10-9-16-6-3-4-7-17(16)14-18/h3-10,12,14-15,20H,11,13H2,1-2H3,(H,23,26)(H,24,25). The van der Waals surface area contributed by atoms with Crippen molar-refractivity contribution in [3.63, 3.8) is 0 Å². The molecule has 3 aromatic rings. The van der Waals surface area contributed by atoms with E-state index in [4.69, 9.17) is 9.15 Å². The van der Waals surface area contributed by atoms with Crippen molar-refractivity contribution in [2.24, 2.45) is 5.92 Å². The molecule has 0 saturated heterocycles. The molecular formula is C22H24N2O4. The van der Waals surface area contributed by atoms with Gasteiger partial charge in [0.05, 0.1) is 12.8 Å². The SMILES string of the molecule is CC(C)C(NC(=O)c1ccco1)C(=O)NCCOc1ccc2ccccc2c1. The summed E-state index contributed by atoms with van der Waals surface area (Å²) in [4.78, 5) is 24.6. The van der Waals surface area contributed by atoms with Crippen LogP contribution in [0.3, 0.4) is 0 Å². The van der Waals surface area contributed by atoms with Crippen molar-refractivity contribution >= 4 is 22.6 Å². The van der Waals surface area contributed by atoms with E-state index in [1.54, 1.807) is 12.1 Å². The summed E-state index contributed by atoms with van der Waals surface area (Å²) in [7, 11) is 0. The Morgan fingerprint density at radius 2 is 1.82 bits per heavy atom. The molecule has 0 bridgehead atoms. The summed E-state index contributed by atoms with van der Waals surface area (Å²) >= 11 is 0. The van der Waals surface area contributed by atoms with Crippen LogP contribution in [-0.4, -0.2) is 31.0 Å². The zero-order valence-electron chi connectivity index (χ0n) is 16.0. The Bertz CT molecular complexity index is 935. The second kappa shape index (κ2) is 9.08. The zero-order valence-corrected chi connectivity index (χ0v) is 16.0. The summed E-state index contributed by atoms with van der Waals surface area (Å²) < 4.78 is 10.8. The fourth-order valence-electron chi connectivity index (χ4n) is 2.87. The zero-order chi connectivity index (χ0) is 19.9. The minimum absolute atomic E-state index is 0.0691. The van der Waals surface area contributed by atoms with Crippen molar-refractivity contribution in [1.82, 2.24) is 10.6 Å². The molecule has 1 unspecified atom stereocenters. The second-order valence-electron chi connectivity index (χ2n) is 6.82. The van der Waals surface area contributed by atoms with Crippen LogP contribution in [-0.2, 0) is 4.79 Å². The first-order valence-electron chi connectivity index (χ1n) is 9.28. The first kappa shape index (κ1) is 19.5. The number of carbonyl (C=O) groups is 2. The third-order valence-electron chi connectivity index (χ3n) is 4.37. The monoisotopic (exact) mass is 380 g/mol. The third kappa shape index (κ3) is 4.91. The van der Waals surface area contributed by atoms with Gasteiger partial charge in [0.2, 0.25) is 5.91 Å². The number of hydrogen-bond donors (Lipinski definition) is 2. The van der Waals surface area contributed by atoms with Crippen molar-refractivity contribution < 1.29 is 18.7 Å². The van der Waals surface area contributed by atoms with Gasteiger partial charge < -0.3 is 19.8 Å². The van der Waals surface area contributed by atoms with Gasteiger partial charge in [-0.25, -0.2) is 0 Å². The van der Waals surface area contributed by atoms with Gasteiger partial charge in [0.1, 0.15) is 18.4 Å². The maximum Gasteiger partial charge on any atom is 0.287 e. The highest BCUT2D eigenvalue weighted by molar-refractivity contribution is 5.95. The molecule has 3 rings (SSSR count). The van der Waals surface area contributed by atoms with E-state index in [9.17, 15) is 9.59 Å². The van der Waals surface area contributed by atoms with Crippen molar-refractivity contribution in [3.8, 4) is 5.75 Å². The second-order valence-corrected chi connectivity index (χ2v) is 6.82. The van der Waals surface area contributed by atoms with E-state index < -0.39 is 11.9 Å². The average molecular weight is 380 g/mol. The highest BCUT2D eigenvalue weighted by Gasteiger charge is 2.25. The van der Waals surface area contributed by atoms with Gasteiger partial charge in [0.15, 0.2) is 5.76 Å². The Morgan fingerprint density at radius 3 is 2.54 bits per heavy atom. The van der Waals surface area contributed by atoms with Gasteiger partial charge in [0.25, 0.3) is 5.91 Å². The summed E-state index contributed by atoms with van der Waals surface area (Å²) in [5, 5.41) is 7.77. The van der Waals surface area contributed by atoms with Crippen LogP contribution >= 0.6 is 0 Å². The van der Waals surface area contributed by atoms with Gasteiger partial charge in [-0.3, -0.25) is 9.59 Å². The highest BCUT2D eigenvalue weighted by Crippen LogP contribution is 2.20. The van der Waals surface area contributed by atoms with E-state index in [1.807, 2.05) is 56.3 Å². The third-order valence-corrected chi connectivity index (χ3v) is 4.37. The number of furan rings is 1. The summed E-state index contributed by atoms with van der Waals surface area (Å²) in [5.74, 6) is 0.196. The molecular weight excluding hydrogens is 356 g/mol. The lowest BCUT2D eigenvalue weighted by atomic mass is 10.0. The number of rotatable bonds is 8. The van der Waals surface area contributed by atoms with Crippen LogP contribution in [0.2, 0.25) is 0 Å². The number of carbonyl (C=O) groups excluding carboxylic acids is 2. The summed E-state index contributed by atoms with van der Waals surface area (Å²) in [6.07, 6.45) is 1.42. The highest BCUT2D eigenvalue weighted by atomic mass is 16.5. The smallest absolute Gasteiger partial charge is 0.287 e. The molecule has 2 amide bonds. The normalized spacial score (nSPS) is 12.0. The van der Waals surface area contributed by atoms with Gasteiger partial charge in [0, 0.05) is 0 Å². The lowest BCUT2D eigenvalue weighted by Gasteiger charge is -2.21.